The summed E-state index contributed by atoms with van der Waals surface area (Å²) in [6.45, 7) is 0. The molecule has 1 atom stereocenters. The van der Waals surface area contributed by atoms with E-state index in [0.717, 1.165) is 5.66 Å². The monoisotopic (exact) mass is 256 g/mol. The molecule has 1 unspecified atom stereocenters. The first-order valence-corrected chi connectivity index (χ1v) is 8.82. The largest absolute Gasteiger partial charge is 0.134 e. The highest BCUT2D eigenvalue weighted by atomic mass is 31.0. The molecule has 0 amide bonds. The normalized spacial score (nSPS) is 24.5. The molecule has 0 N–H and O–H groups in total. The van der Waals surface area contributed by atoms with Crippen LogP contribution in [0.5, 0.6) is 0 Å². The number of rotatable bonds is 0. The Morgan fingerprint density at radius 1 is 0.412 bits per heavy atom. The van der Waals surface area contributed by atoms with Crippen LogP contribution >= 0.6 is 9.24 Å². The summed E-state index contributed by atoms with van der Waals surface area (Å²) in [6.07, 6.45) is 22.2. The average Bonchev–Trinajstić information content (AvgIpc) is 2.32. The van der Waals surface area contributed by atoms with Crippen LogP contribution in [0.1, 0.15) is 96.3 Å². The molecule has 0 radical (unpaired) electrons. The van der Waals surface area contributed by atoms with Gasteiger partial charge < -0.3 is 0 Å². The molecule has 0 bridgehead atoms. The van der Waals surface area contributed by atoms with Crippen molar-refractivity contribution in [2.75, 3.05) is 0 Å². The highest BCUT2D eigenvalue weighted by molar-refractivity contribution is 7.17. The fourth-order valence-electron chi connectivity index (χ4n) is 2.90. The molecule has 1 aliphatic rings. The molecule has 0 aromatic rings. The van der Waals surface area contributed by atoms with E-state index in [1.807, 2.05) is 0 Å². The van der Waals surface area contributed by atoms with Crippen molar-refractivity contribution < 1.29 is 0 Å². The van der Waals surface area contributed by atoms with Crippen molar-refractivity contribution >= 4 is 9.24 Å². The molecule has 0 aromatic carbocycles. The molecule has 1 heteroatoms. The fourth-order valence-corrected chi connectivity index (χ4v) is 3.37. The van der Waals surface area contributed by atoms with Gasteiger partial charge >= 0.3 is 0 Å². The first-order valence-electron chi connectivity index (χ1n) is 8.15. The molecule has 0 heterocycles. The highest BCUT2D eigenvalue weighted by Crippen LogP contribution is 2.20. The summed E-state index contributed by atoms with van der Waals surface area (Å²) in [5.74, 6) is 0. The summed E-state index contributed by atoms with van der Waals surface area (Å²) in [5.41, 5.74) is 0.905. The first-order chi connectivity index (χ1) is 8.39. The van der Waals surface area contributed by atoms with Gasteiger partial charge in [0.25, 0.3) is 0 Å². The molecule has 102 valence electrons. The zero-order valence-corrected chi connectivity index (χ0v) is 12.9. The molecular formula is C16H33P. The van der Waals surface area contributed by atoms with Crippen molar-refractivity contribution in [1.29, 1.82) is 0 Å². The van der Waals surface area contributed by atoms with E-state index in [2.05, 4.69) is 9.24 Å². The van der Waals surface area contributed by atoms with Gasteiger partial charge in [0.1, 0.15) is 0 Å². The minimum atomic E-state index is 0.905. The van der Waals surface area contributed by atoms with E-state index >= 15 is 0 Å². The Kier molecular flexibility index (Phi) is 10.5. The number of hydrogen-bond donors (Lipinski definition) is 0. The molecule has 17 heavy (non-hydrogen) atoms. The van der Waals surface area contributed by atoms with Gasteiger partial charge in [0.15, 0.2) is 0 Å². The molecule has 1 aliphatic carbocycles. The summed E-state index contributed by atoms with van der Waals surface area (Å²) in [7, 11) is 3.07. The van der Waals surface area contributed by atoms with Crippen LogP contribution in [0.25, 0.3) is 0 Å². The van der Waals surface area contributed by atoms with Crippen molar-refractivity contribution in [3.8, 4) is 0 Å². The summed E-state index contributed by atoms with van der Waals surface area (Å²) >= 11 is 0. The smallest absolute Gasteiger partial charge is 0.0264 e. The lowest BCUT2D eigenvalue weighted by Gasteiger charge is -2.11. The van der Waals surface area contributed by atoms with Gasteiger partial charge in [-0.3, -0.25) is 0 Å². The second-order valence-electron chi connectivity index (χ2n) is 5.93. The Balaban J connectivity index is 2.09. The van der Waals surface area contributed by atoms with Gasteiger partial charge in [0.05, 0.1) is 0 Å². The maximum atomic E-state index is 3.07. The van der Waals surface area contributed by atoms with Crippen molar-refractivity contribution in [2.24, 2.45) is 0 Å². The first kappa shape index (κ1) is 15.5. The molecular weight excluding hydrogens is 223 g/mol. The van der Waals surface area contributed by atoms with Crippen molar-refractivity contribution in [3.05, 3.63) is 0 Å². The molecule has 1 fully saturated rings. The van der Waals surface area contributed by atoms with Crippen molar-refractivity contribution in [3.63, 3.8) is 0 Å². The Bertz CT molecular complexity index is 140. The second kappa shape index (κ2) is 11.5. The van der Waals surface area contributed by atoms with E-state index in [1.165, 1.54) is 96.3 Å². The molecule has 0 spiro atoms. The van der Waals surface area contributed by atoms with Crippen molar-refractivity contribution in [2.45, 2.75) is 102 Å². The molecule has 0 saturated heterocycles. The Morgan fingerprint density at radius 2 is 0.647 bits per heavy atom. The predicted octanol–water partition coefficient (Wildman–Crippen LogP) is 6.10. The van der Waals surface area contributed by atoms with Crippen LogP contribution in [0.4, 0.5) is 0 Å². The third-order valence-electron chi connectivity index (χ3n) is 4.15. The van der Waals surface area contributed by atoms with E-state index in [9.17, 15) is 0 Å². The van der Waals surface area contributed by atoms with Crippen molar-refractivity contribution in [1.82, 2.24) is 0 Å². The van der Waals surface area contributed by atoms with Gasteiger partial charge in [-0.1, -0.05) is 83.5 Å². The highest BCUT2D eigenvalue weighted by Gasteiger charge is 2.02. The van der Waals surface area contributed by atoms with Crippen LogP contribution in [0.15, 0.2) is 0 Å². The van der Waals surface area contributed by atoms with Gasteiger partial charge in [-0.25, -0.2) is 0 Å². The van der Waals surface area contributed by atoms with Crippen LogP contribution in [-0.2, 0) is 0 Å². The minimum absolute atomic E-state index is 0.905. The quantitative estimate of drug-likeness (QED) is 0.460. The maximum absolute atomic E-state index is 3.07. The third-order valence-corrected chi connectivity index (χ3v) is 4.82. The van der Waals surface area contributed by atoms with Gasteiger partial charge in [-0.05, 0) is 18.5 Å². The van der Waals surface area contributed by atoms with Gasteiger partial charge in [-0.15, -0.1) is 9.24 Å². The van der Waals surface area contributed by atoms with Crippen LogP contribution in [0.2, 0.25) is 0 Å². The van der Waals surface area contributed by atoms with Gasteiger partial charge in [0.2, 0.25) is 0 Å². The summed E-state index contributed by atoms with van der Waals surface area (Å²) in [4.78, 5) is 0. The minimum Gasteiger partial charge on any atom is -0.134 e. The van der Waals surface area contributed by atoms with E-state index in [0.29, 0.717) is 0 Å². The predicted molar refractivity (Wildman–Crippen MR) is 82.8 cm³/mol. The van der Waals surface area contributed by atoms with Crippen LogP contribution in [0.3, 0.4) is 0 Å². The standard InChI is InChI=1S/C16H33P/c17-16-14-12-10-8-6-4-2-1-3-5-7-9-11-13-15-16/h16H,1-15,17H2. The zero-order chi connectivity index (χ0) is 12.2. The van der Waals surface area contributed by atoms with E-state index in [-0.39, 0.29) is 0 Å². The molecule has 0 aromatic heterocycles. The van der Waals surface area contributed by atoms with Crippen LogP contribution in [-0.4, -0.2) is 5.66 Å². The lowest BCUT2D eigenvalue weighted by atomic mass is 10.0. The summed E-state index contributed by atoms with van der Waals surface area (Å²) < 4.78 is 0. The molecule has 1 saturated carbocycles. The summed E-state index contributed by atoms with van der Waals surface area (Å²) in [5, 5.41) is 0. The molecule has 1 rings (SSSR count). The lowest BCUT2D eigenvalue weighted by Crippen LogP contribution is -1.98. The number of hydrogen-bond acceptors (Lipinski definition) is 0. The van der Waals surface area contributed by atoms with E-state index < -0.39 is 0 Å². The SMILES string of the molecule is PC1CCCCCCCCCCCCCCC1. The zero-order valence-electron chi connectivity index (χ0n) is 11.8. The maximum Gasteiger partial charge on any atom is -0.0264 e. The van der Waals surface area contributed by atoms with Gasteiger partial charge in [0, 0.05) is 0 Å². The Morgan fingerprint density at radius 3 is 0.941 bits per heavy atom. The molecule has 0 aliphatic heterocycles. The third kappa shape index (κ3) is 10.1. The van der Waals surface area contributed by atoms with Crippen LogP contribution < -0.4 is 0 Å². The topological polar surface area (TPSA) is 0 Å². The van der Waals surface area contributed by atoms with Crippen LogP contribution in [0, 0.1) is 0 Å². The van der Waals surface area contributed by atoms with E-state index in [4.69, 9.17) is 0 Å². The van der Waals surface area contributed by atoms with E-state index in [1.54, 1.807) is 0 Å². The Labute approximate surface area is 112 Å². The molecule has 0 nitrogen and oxygen atoms in total. The average molecular weight is 256 g/mol. The van der Waals surface area contributed by atoms with Gasteiger partial charge in [-0.2, -0.15) is 0 Å². The fraction of sp³-hybridized carbons (Fsp3) is 1.00. The lowest BCUT2D eigenvalue weighted by molar-refractivity contribution is 0.508. The Hall–Kier alpha value is 0.430. The second-order valence-corrected chi connectivity index (χ2v) is 6.88. The summed E-state index contributed by atoms with van der Waals surface area (Å²) in [6, 6.07) is 0.